The van der Waals surface area contributed by atoms with Crippen LogP contribution in [-0.4, -0.2) is 13.0 Å². The molecular formula is C12H19NO. The molecule has 2 heteroatoms. The van der Waals surface area contributed by atoms with Gasteiger partial charge in [-0.2, -0.15) is 0 Å². The summed E-state index contributed by atoms with van der Waals surface area (Å²) in [6.45, 7) is 4.05. The van der Waals surface area contributed by atoms with Crippen LogP contribution in [0.5, 0.6) is 0 Å². The van der Waals surface area contributed by atoms with Crippen molar-refractivity contribution >= 4 is 5.91 Å². The Morgan fingerprint density at radius 1 is 1.07 bits per heavy atom. The summed E-state index contributed by atoms with van der Waals surface area (Å²) in [4.78, 5) is 10.5. The van der Waals surface area contributed by atoms with E-state index in [4.69, 9.17) is 0 Å². The second-order valence-electron chi connectivity index (χ2n) is 3.43. The zero-order valence-corrected chi connectivity index (χ0v) is 9.16. The molecule has 0 saturated carbocycles. The van der Waals surface area contributed by atoms with E-state index in [-0.39, 0.29) is 5.91 Å². The number of benzene rings is 1. The van der Waals surface area contributed by atoms with Crippen LogP contribution in [0.3, 0.4) is 0 Å². The SMILES string of the molecule is CNC(=O)CC(C)C.c1ccccc1. The quantitative estimate of drug-likeness (QED) is 0.768. The third kappa shape index (κ3) is 8.78. The van der Waals surface area contributed by atoms with Crippen molar-refractivity contribution in [3.05, 3.63) is 36.4 Å². The fraction of sp³-hybridized carbons (Fsp3) is 0.417. The fourth-order valence-corrected chi connectivity index (χ4v) is 0.858. The Hall–Kier alpha value is -1.31. The molecule has 0 aliphatic rings. The van der Waals surface area contributed by atoms with Crippen LogP contribution in [-0.2, 0) is 4.79 Å². The minimum absolute atomic E-state index is 0.125. The summed E-state index contributed by atoms with van der Waals surface area (Å²) in [6.07, 6.45) is 0.635. The molecule has 0 unspecified atom stereocenters. The highest BCUT2D eigenvalue weighted by molar-refractivity contribution is 5.75. The Morgan fingerprint density at radius 3 is 1.57 bits per heavy atom. The summed E-state index contributed by atoms with van der Waals surface area (Å²) >= 11 is 0. The molecule has 2 nitrogen and oxygen atoms in total. The standard InChI is InChI=1S/C6H13NO.C6H6/c1-5(2)4-6(8)7-3;1-2-4-6-5-3-1/h5H,4H2,1-3H3,(H,7,8);1-6H. The van der Waals surface area contributed by atoms with Crippen LogP contribution in [0.2, 0.25) is 0 Å². The molecule has 0 saturated heterocycles. The number of amides is 1. The van der Waals surface area contributed by atoms with Crippen molar-refractivity contribution < 1.29 is 4.79 Å². The lowest BCUT2D eigenvalue weighted by molar-refractivity contribution is -0.121. The minimum atomic E-state index is 0.125. The Kier molecular flexibility index (Phi) is 7.52. The maximum absolute atomic E-state index is 10.5. The van der Waals surface area contributed by atoms with Crippen molar-refractivity contribution in [2.24, 2.45) is 5.92 Å². The molecular weight excluding hydrogens is 174 g/mol. The molecule has 1 rings (SSSR count). The van der Waals surface area contributed by atoms with Gasteiger partial charge in [0.2, 0.25) is 5.91 Å². The maximum Gasteiger partial charge on any atom is 0.219 e. The normalized spacial score (nSPS) is 8.86. The number of hydrogen-bond donors (Lipinski definition) is 1. The van der Waals surface area contributed by atoms with Crippen LogP contribution in [0.25, 0.3) is 0 Å². The van der Waals surface area contributed by atoms with Gasteiger partial charge in [-0.1, -0.05) is 50.2 Å². The van der Waals surface area contributed by atoms with E-state index in [1.165, 1.54) is 0 Å². The summed E-state index contributed by atoms with van der Waals surface area (Å²) in [5, 5.41) is 2.56. The monoisotopic (exact) mass is 193 g/mol. The first-order valence-electron chi connectivity index (χ1n) is 4.87. The highest BCUT2D eigenvalue weighted by Crippen LogP contribution is 1.96. The smallest absolute Gasteiger partial charge is 0.219 e. The Labute approximate surface area is 86.3 Å². The molecule has 1 N–H and O–H groups in total. The average molecular weight is 193 g/mol. The first-order valence-corrected chi connectivity index (χ1v) is 4.87. The molecule has 0 heterocycles. The number of nitrogens with one attached hydrogen (secondary N) is 1. The largest absolute Gasteiger partial charge is 0.359 e. The Balaban J connectivity index is 0.000000249. The maximum atomic E-state index is 10.5. The summed E-state index contributed by atoms with van der Waals surface area (Å²) < 4.78 is 0. The van der Waals surface area contributed by atoms with Crippen LogP contribution in [0.4, 0.5) is 0 Å². The van der Waals surface area contributed by atoms with Crippen molar-refractivity contribution in [1.29, 1.82) is 0 Å². The Bertz CT molecular complexity index is 205. The van der Waals surface area contributed by atoms with Gasteiger partial charge in [0.05, 0.1) is 0 Å². The second-order valence-corrected chi connectivity index (χ2v) is 3.43. The van der Waals surface area contributed by atoms with Crippen molar-refractivity contribution in [3.8, 4) is 0 Å². The minimum Gasteiger partial charge on any atom is -0.359 e. The lowest BCUT2D eigenvalue weighted by Gasteiger charge is -2.00. The number of carbonyl (C=O) groups excluding carboxylic acids is 1. The summed E-state index contributed by atoms with van der Waals surface area (Å²) in [7, 11) is 1.66. The van der Waals surface area contributed by atoms with E-state index in [0.29, 0.717) is 12.3 Å². The van der Waals surface area contributed by atoms with E-state index in [1.807, 2.05) is 50.2 Å². The molecule has 0 atom stereocenters. The first-order chi connectivity index (χ1) is 6.66. The molecule has 0 aliphatic heterocycles. The molecule has 0 bridgehead atoms. The molecule has 0 aliphatic carbocycles. The lowest BCUT2D eigenvalue weighted by atomic mass is 10.1. The molecule has 0 aromatic heterocycles. The molecule has 1 amide bonds. The lowest BCUT2D eigenvalue weighted by Crippen LogP contribution is -2.19. The predicted molar refractivity (Wildman–Crippen MR) is 60.0 cm³/mol. The van der Waals surface area contributed by atoms with Gasteiger partial charge in [0.1, 0.15) is 0 Å². The van der Waals surface area contributed by atoms with E-state index >= 15 is 0 Å². The predicted octanol–water partition coefficient (Wildman–Crippen LogP) is 2.47. The van der Waals surface area contributed by atoms with Crippen LogP contribution >= 0.6 is 0 Å². The first kappa shape index (κ1) is 12.7. The van der Waals surface area contributed by atoms with Gasteiger partial charge in [0.15, 0.2) is 0 Å². The van der Waals surface area contributed by atoms with Gasteiger partial charge >= 0.3 is 0 Å². The van der Waals surface area contributed by atoms with E-state index in [1.54, 1.807) is 7.05 Å². The number of carbonyl (C=O) groups is 1. The van der Waals surface area contributed by atoms with Gasteiger partial charge in [0.25, 0.3) is 0 Å². The third-order valence-corrected chi connectivity index (χ3v) is 1.54. The van der Waals surface area contributed by atoms with Crippen molar-refractivity contribution in [1.82, 2.24) is 5.32 Å². The van der Waals surface area contributed by atoms with Crippen molar-refractivity contribution in [2.75, 3.05) is 7.05 Å². The summed E-state index contributed by atoms with van der Waals surface area (Å²) in [5.41, 5.74) is 0. The molecule has 0 radical (unpaired) electrons. The van der Waals surface area contributed by atoms with E-state index < -0.39 is 0 Å². The zero-order valence-electron chi connectivity index (χ0n) is 9.16. The second kappa shape index (κ2) is 8.30. The van der Waals surface area contributed by atoms with Gasteiger partial charge < -0.3 is 5.32 Å². The third-order valence-electron chi connectivity index (χ3n) is 1.54. The Morgan fingerprint density at radius 2 is 1.43 bits per heavy atom. The number of rotatable bonds is 2. The molecule has 1 aromatic rings. The van der Waals surface area contributed by atoms with Crippen molar-refractivity contribution in [3.63, 3.8) is 0 Å². The summed E-state index contributed by atoms with van der Waals surface area (Å²) in [5.74, 6) is 0.593. The molecule has 78 valence electrons. The van der Waals surface area contributed by atoms with E-state index in [0.717, 1.165) is 0 Å². The van der Waals surface area contributed by atoms with Crippen LogP contribution in [0.15, 0.2) is 36.4 Å². The van der Waals surface area contributed by atoms with Gasteiger partial charge in [0, 0.05) is 13.5 Å². The highest BCUT2D eigenvalue weighted by Gasteiger charge is 1.99. The molecule has 1 aromatic carbocycles. The van der Waals surface area contributed by atoms with Gasteiger partial charge in [-0.15, -0.1) is 0 Å². The van der Waals surface area contributed by atoms with Gasteiger partial charge in [-0.05, 0) is 5.92 Å². The molecule has 0 spiro atoms. The highest BCUT2D eigenvalue weighted by atomic mass is 16.1. The zero-order chi connectivity index (χ0) is 10.8. The summed E-state index contributed by atoms with van der Waals surface area (Å²) in [6, 6.07) is 12.0. The van der Waals surface area contributed by atoms with Gasteiger partial charge in [-0.25, -0.2) is 0 Å². The van der Waals surface area contributed by atoms with E-state index in [2.05, 4.69) is 5.32 Å². The van der Waals surface area contributed by atoms with Gasteiger partial charge in [-0.3, -0.25) is 4.79 Å². The van der Waals surface area contributed by atoms with Crippen LogP contribution in [0, 0.1) is 5.92 Å². The topological polar surface area (TPSA) is 29.1 Å². The molecule has 14 heavy (non-hydrogen) atoms. The fourth-order valence-electron chi connectivity index (χ4n) is 0.858. The van der Waals surface area contributed by atoms with Crippen molar-refractivity contribution in [2.45, 2.75) is 20.3 Å². The van der Waals surface area contributed by atoms with Crippen LogP contribution < -0.4 is 5.32 Å². The van der Waals surface area contributed by atoms with E-state index in [9.17, 15) is 4.79 Å². The average Bonchev–Trinajstić information content (AvgIpc) is 2.20. The number of hydrogen-bond acceptors (Lipinski definition) is 1. The van der Waals surface area contributed by atoms with Crippen LogP contribution in [0.1, 0.15) is 20.3 Å². The molecule has 0 fully saturated rings.